The maximum Gasteiger partial charge on any atom is 0.338 e. The second kappa shape index (κ2) is 9.30. The van der Waals surface area contributed by atoms with Gasteiger partial charge in [-0.2, -0.15) is 0 Å². The molecule has 1 fully saturated rings. The van der Waals surface area contributed by atoms with E-state index >= 15 is 0 Å². The zero-order valence-corrected chi connectivity index (χ0v) is 15.7. The number of esters is 1. The molecule has 1 aliphatic heterocycles. The minimum Gasteiger partial charge on any atom is -0.452 e. The van der Waals surface area contributed by atoms with Crippen LogP contribution in [0.15, 0.2) is 35.9 Å². The minimum absolute atomic E-state index is 0.203. The molecule has 7 nitrogen and oxygen atoms in total. The number of imide groups is 1. The number of hydrogen-bond donors (Lipinski definition) is 1. The van der Waals surface area contributed by atoms with Crippen molar-refractivity contribution in [2.75, 3.05) is 18.1 Å². The molecule has 3 amide bonds. The Bertz CT molecular complexity index is 782. The molecule has 0 radical (unpaired) electrons. The van der Waals surface area contributed by atoms with Crippen molar-refractivity contribution in [3.05, 3.63) is 41.5 Å². The molecule has 0 aromatic heterocycles. The summed E-state index contributed by atoms with van der Waals surface area (Å²) in [7, 11) is 0. The van der Waals surface area contributed by atoms with E-state index in [-0.39, 0.29) is 42.7 Å². The number of carbonyl (C=O) groups excluding carboxylic acids is 4. The van der Waals surface area contributed by atoms with Crippen LogP contribution in [0, 0.1) is 0 Å². The summed E-state index contributed by atoms with van der Waals surface area (Å²) in [5.74, 6) is -1.47. The van der Waals surface area contributed by atoms with Gasteiger partial charge in [-0.15, -0.1) is 0 Å². The van der Waals surface area contributed by atoms with Crippen LogP contribution in [0.4, 0.5) is 5.69 Å². The monoisotopic (exact) mass is 384 g/mol. The molecule has 0 atom stereocenters. The molecule has 1 aromatic rings. The quantitative estimate of drug-likeness (QED) is 0.443. The number of rotatable bonds is 7. The summed E-state index contributed by atoms with van der Waals surface area (Å²) < 4.78 is 5.03. The molecular formula is C21H24N2O5. The normalized spacial score (nSPS) is 16.7. The number of amides is 3. The number of ether oxygens (including phenoxy) is 1. The van der Waals surface area contributed by atoms with Crippen molar-refractivity contribution in [2.24, 2.45) is 0 Å². The van der Waals surface area contributed by atoms with Crippen LogP contribution < -0.4 is 10.2 Å². The van der Waals surface area contributed by atoms with Crippen LogP contribution in [0.2, 0.25) is 0 Å². The van der Waals surface area contributed by atoms with Crippen molar-refractivity contribution in [1.29, 1.82) is 0 Å². The van der Waals surface area contributed by atoms with Gasteiger partial charge in [-0.3, -0.25) is 19.3 Å². The Hall–Kier alpha value is -2.96. The topological polar surface area (TPSA) is 92.8 Å². The summed E-state index contributed by atoms with van der Waals surface area (Å²) in [4.78, 5) is 48.5. The number of hydrogen-bond acceptors (Lipinski definition) is 5. The Labute approximate surface area is 163 Å². The van der Waals surface area contributed by atoms with Crippen LogP contribution in [0.25, 0.3) is 0 Å². The van der Waals surface area contributed by atoms with E-state index in [4.69, 9.17) is 4.74 Å². The second-order valence-corrected chi connectivity index (χ2v) is 6.95. The fourth-order valence-corrected chi connectivity index (χ4v) is 3.37. The third-order valence-electron chi connectivity index (χ3n) is 4.90. The van der Waals surface area contributed by atoms with Crippen molar-refractivity contribution in [3.8, 4) is 0 Å². The average molecular weight is 384 g/mol. The molecule has 2 aliphatic rings. The van der Waals surface area contributed by atoms with E-state index in [1.54, 1.807) is 0 Å². The Morgan fingerprint density at radius 3 is 2.36 bits per heavy atom. The molecule has 1 N–H and O–H groups in total. The number of carbonyl (C=O) groups is 4. The summed E-state index contributed by atoms with van der Waals surface area (Å²) in [6.45, 7) is 0.192. The number of allylic oxidation sites excluding steroid dienone is 1. The lowest BCUT2D eigenvalue weighted by atomic mass is 9.97. The van der Waals surface area contributed by atoms with Crippen LogP contribution in [-0.2, 0) is 19.1 Å². The molecule has 1 aromatic carbocycles. The summed E-state index contributed by atoms with van der Waals surface area (Å²) >= 11 is 0. The summed E-state index contributed by atoms with van der Waals surface area (Å²) in [5, 5.41) is 2.75. The van der Waals surface area contributed by atoms with Gasteiger partial charge >= 0.3 is 5.97 Å². The molecule has 0 saturated carbocycles. The maximum absolute atomic E-state index is 12.1. The largest absolute Gasteiger partial charge is 0.452 e. The predicted octanol–water partition coefficient (Wildman–Crippen LogP) is 2.50. The fraction of sp³-hybridized carbons (Fsp3) is 0.429. The molecule has 0 spiro atoms. The molecule has 1 saturated heterocycles. The van der Waals surface area contributed by atoms with Gasteiger partial charge in [-0.05, 0) is 56.4 Å². The summed E-state index contributed by atoms with van der Waals surface area (Å²) in [6.07, 6.45) is 8.12. The molecular weight excluding hydrogens is 360 g/mol. The number of nitrogens with zero attached hydrogens (tertiary/aromatic N) is 1. The fourth-order valence-electron chi connectivity index (χ4n) is 3.37. The lowest BCUT2D eigenvalue weighted by molar-refractivity contribution is -0.124. The SMILES string of the molecule is O=C(COC(=O)c1ccc(N2C(=O)CCC2=O)cc1)NCCC1=CCCCC1. The molecule has 1 heterocycles. The van der Waals surface area contributed by atoms with Crippen molar-refractivity contribution < 1.29 is 23.9 Å². The molecule has 28 heavy (non-hydrogen) atoms. The third kappa shape index (κ3) is 5.06. The number of nitrogens with one attached hydrogen (secondary N) is 1. The van der Waals surface area contributed by atoms with Crippen molar-refractivity contribution in [3.63, 3.8) is 0 Å². The van der Waals surface area contributed by atoms with Gasteiger partial charge in [0.05, 0.1) is 11.3 Å². The van der Waals surface area contributed by atoms with Gasteiger partial charge in [-0.1, -0.05) is 11.6 Å². The van der Waals surface area contributed by atoms with Gasteiger partial charge in [0.1, 0.15) is 0 Å². The van der Waals surface area contributed by atoms with Crippen LogP contribution in [0.5, 0.6) is 0 Å². The minimum atomic E-state index is -0.629. The first kappa shape index (κ1) is 19.8. The molecule has 1 aliphatic carbocycles. The maximum atomic E-state index is 12.1. The number of benzene rings is 1. The highest BCUT2D eigenvalue weighted by Gasteiger charge is 2.30. The van der Waals surface area contributed by atoms with Crippen molar-refractivity contribution in [2.45, 2.75) is 44.9 Å². The van der Waals surface area contributed by atoms with Gasteiger partial charge in [0.25, 0.3) is 5.91 Å². The van der Waals surface area contributed by atoms with Gasteiger partial charge in [0, 0.05) is 19.4 Å². The van der Waals surface area contributed by atoms with Crippen LogP contribution in [0.3, 0.4) is 0 Å². The van der Waals surface area contributed by atoms with Gasteiger partial charge in [0.15, 0.2) is 6.61 Å². The van der Waals surface area contributed by atoms with Crippen LogP contribution >= 0.6 is 0 Å². The van der Waals surface area contributed by atoms with E-state index in [1.807, 2.05) is 0 Å². The van der Waals surface area contributed by atoms with E-state index in [1.165, 1.54) is 42.7 Å². The van der Waals surface area contributed by atoms with Gasteiger partial charge < -0.3 is 10.1 Å². The van der Waals surface area contributed by atoms with Crippen LogP contribution in [0.1, 0.15) is 55.3 Å². The zero-order chi connectivity index (χ0) is 19.9. The Morgan fingerprint density at radius 2 is 1.71 bits per heavy atom. The van der Waals surface area contributed by atoms with Gasteiger partial charge in [0.2, 0.25) is 11.8 Å². The van der Waals surface area contributed by atoms with E-state index < -0.39 is 5.97 Å². The van der Waals surface area contributed by atoms with Gasteiger partial charge in [-0.25, -0.2) is 4.79 Å². The number of anilines is 1. The summed E-state index contributed by atoms with van der Waals surface area (Å²) in [5.41, 5.74) is 2.06. The highest BCUT2D eigenvalue weighted by molar-refractivity contribution is 6.19. The first-order chi connectivity index (χ1) is 13.5. The predicted molar refractivity (Wildman–Crippen MR) is 103 cm³/mol. The Balaban J connectivity index is 1.43. The molecule has 0 unspecified atom stereocenters. The van der Waals surface area contributed by atoms with Crippen molar-refractivity contribution in [1.82, 2.24) is 5.32 Å². The molecule has 0 bridgehead atoms. The lowest BCUT2D eigenvalue weighted by Crippen LogP contribution is -2.30. The smallest absolute Gasteiger partial charge is 0.338 e. The third-order valence-corrected chi connectivity index (χ3v) is 4.90. The highest BCUT2D eigenvalue weighted by atomic mass is 16.5. The lowest BCUT2D eigenvalue weighted by Gasteiger charge is -2.14. The standard InChI is InChI=1S/C21H24N2O5/c24-18(22-13-12-15-4-2-1-3-5-15)14-28-21(27)16-6-8-17(9-7-16)23-19(25)10-11-20(23)26/h4,6-9H,1-3,5,10-14H2,(H,22,24). The average Bonchev–Trinajstić information content (AvgIpc) is 3.05. The van der Waals surface area contributed by atoms with E-state index in [9.17, 15) is 19.2 Å². The highest BCUT2D eigenvalue weighted by Crippen LogP contribution is 2.23. The Morgan fingerprint density at radius 1 is 1.00 bits per heavy atom. The van der Waals surface area contributed by atoms with E-state index in [0.29, 0.717) is 12.2 Å². The first-order valence-electron chi connectivity index (χ1n) is 9.62. The molecule has 148 valence electrons. The first-order valence-corrected chi connectivity index (χ1v) is 9.62. The summed E-state index contributed by atoms with van der Waals surface area (Å²) in [6, 6.07) is 6.00. The molecule has 7 heteroatoms. The second-order valence-electron chi connectivity index (χ2n) is 6.95. The van der Waals surface area contributed by atoms with E-state index in [2.05, 4.69) is 11.4 Å². The Kier molecular flexibility index (Phi) is 6.57. The zero-order valence-electron chi connectivity index (χ0n) is 15.7. The van der Waals surface area contributed by atoms with Crippen molar-refractivity contribution >= 4 is 29.4 Å². The molecule has 3 rings (SSSR count). The van der Waals surface area contributed by atoms with E-state index in [0.717, 1.165) is 24.2 Å². The van der Waals surface area contributed by atoms with Crippen LogP contribution in [-0.4, -0.2) is 36.8 Å².